The number of allylic oxidation sites excluding steroid dienone is 16. The number of likely N-dealkylation sites (N-methyl/N-ethyl adjacent to an activating group) is 1. The SMILES string of the molecule is CC/C=C/C=C/C=C/C=C/C=C/C=C/CCCCCC(=O)OC(COCCC(C(=O)[O-])[N+](C)(C)C)COC(=O)CC/C=C/C/C=C/CCCCCCCC. The van der Waals surface area contributed by atoms with Crippen molar-refractivity contribution in [2.75, 3.05) is 41.0 Å². The van der Waals surface area contributed by atoms with Crippen LogP contribution in [0.2, 0.25) is 0 Å². The third-order valence-corrected chi connectivity index (χ3v) is 8.38. The summed E-state index contributed by atoms with van der Waals surface area (Å²) in [7, 11) is 5.35. The second-order valence-electron chi connectivity index (χ2n) is 14.3. The highest BCUT2D eigenvalue weighted by Crippen LogP contribution is 2.11. The van der Waals surface area contributed by atoms with Gasteiger partial charge in [0.05, 0.1) is 40.3 Å². The highest BCUT2D eigenvalue weighted by molar-refractivity contribution is 5.70. The second-order valence-corrected chi connectivity index (χ2v) is 14.3. The van der Waals surface area contributed by atoms with E-state index in [1.807, 2.05) is 66.8 Å². The van der Waals surface area contributed by atoms with Crippen molar-refractivity contribution in [2.24, 2.45) is 0 Å². The van der Waals surface area contributed by atoms with E-state index in [-0.39, 0.29) is 55.5 Å². The van der Waals surface area contributed by atoms with Crippen LogP contribution in [0.15, 0.2) is 97.2 Å². The van der Waals surface area contributed by atoms with E-state index in [0.717, 1.165) is 38.5 Å². The maximum Gasteiger partial charge on any atom is 0.306 e. The fourth-order valence-electron chi connectivity index (χ4n) is 5.21. The van der Waals surface area contributed by atoms with Gasteiger partial charge in [-0.25, -0.2) is 0 Å². The zero-order valence-electron chi connectivity index (χ0n) is 34.3. The number of nitrogens with zero attached hydrogens (tertiary/aromatic N) is 1. The lowest BCUT2D eigenvalue weighted by Gasteiger charge is -2.34. The van der Waals surface area contributed by atoms with Gasteiger partial charge in [0.2, 0.25) is 0 Å². The van der Waals surface area contributed by atoms with E-state index < -0.39 is 18.1 Å². The van der Waals surface area contributed by atoms with E-state index in [2.05, 4.69) is 44.2 Å². The van der Waals surface area contributed by atoms with Gasteiger partial charge in [-0.05, 0) is 51.4 Å². The molecule has 304 valence electrons. The molecule has 0 fully saturated rings. The Kier molecular flexibility index (Phi) is 33.7. The lowest BCUT2D eigenvalue weighted by atomic mass is 10.1. The molecule has 2 unspecified atom stereocenters. The van der Waals surface area contributed by atoms with Gasteiger partial charge in [0.25, 0.3) is 0 Å². The van der Waals surface area contributed by atoms with E-state index >= 15 is 0 Å². The highest BCUT2D eigenvalue weighted by atomic mass is 16.6. The summed E-state index contributed by atoms with van der Waals surface area (Å²) >= 11 is 0. The standard InChI is InChI=1S/C46H73NO7/c1-6-8-10-12-14-16-18-20-21-22-23-25-27-29-31-33-35-37-45(49)54-42(40-52-39-38-43(46(50)51)47(3,4)5)41-53-44(48)36-34-32-30-28-26-24-19-17-15-13-11-9-7-2/h8,10,12,14,16,18,20-27,30,32,42-43H,6-7,9,11,13,15,17,19,28-29,31,33-41H2,1-5H3/b10-8+,14-12+,18-16+,21-20+,23-22+,26-24+,27-25+,32-30+. The number of rotatable bonds is 34. The lowest BCUT2D eigenvalue weighted by molar-refractivity contribution is -0.889. The Hall–Kier alpha value is -3.75. The Bertz CT molecular complexity index is 1200. The molecule has 0 saturated heterocycles. The van der Waals surface area contributed by atoms with Gasteiger partial charge >= 0.3 is 11.9 Å². The van der Waals surface area contributed by atoms with E-state index in [9.17, 15) is 19.5 Å². The molecule has 0 aliphatic carbocycles. The predicted molar refractivity (Wildman–Crippen MR) is 221 cm³/mol. The molecule has 0 aromatic rings. The summed E-state index contributed by atoms with van der Waals surface area (Å²) in [6.07, 6.45) is 47.3. The molecule has 0 N–H and O–H groups in total. The van der Waals surface area contributed by atoms with Gasteiger partial charge in [-0.2, -0.15) is 0 Å². The molecule has 54 heavy (non-hydrogen) atoms. The number of quaternary nitrogens is 1. The van der Waals surface area contributed by atoms with Crippen molar-refractivity contribution in [1.29, 1.82) is 0 Å². The Morgan fingerprint density at radius 2 is 1.15 bits per heavy atom. The molecule has 0 saturated carbocycles. The van der Waals surface area contributed by atoms with E-state index in [0.29, 0.717) is 12.8 Å². The number of esters is 2. The zero-order chi connectivity index (χ0) is 40.0. The van der Waals surface area contributed by atoms with Crippen LogP contribution >= 0.6 is 0 Å². The maximum atomic E-state index is 12.7. The van der Waals surface area contributed by atoms with Crippen molar-refractivity contribution >= 4 is 17.9 Å². The third-order valence-electron chi connectivity index (χ3n) is 8.38. The Balaban J connectivity index is 4.60. The molecule has 0 aromatic heterocycles. The average molecular weight is 752 g/mol. The minimum Gasteiger partial charge on any atom is -0.544 e. The molecule has 0 spiro atoms. The number of hydrogen-bond donors (Lipinski definition) is 0. The summed E-state index contributed by atoms with van der Waals surface area (Å²) in [5, 5.41) is 11.6. The monoisotopic (exact) mass is 752 g/mol. The quantitative estimate of drug-likeness (QED) is 0.0212. The molecule has 0 amide bonds. The summed E-state index contributed by atoms with van der Waals surface area (Å²) in [6, 6.07) is -0.747. The van der Waals surface area contributed by atoms with Crippen LogP contribution in [-0.4, -0.2) is 75.5 Å². The average Bonchev–Trinajstić information content (AvgIpc) is 3.12. The van der Waals surface area contributed by atoms with Gasteiger partial charge in [0.1, 0.15) is 12.6 Å². The molecule has 0 rings (SSSR count). The summed E-state index contributed by atoms with van der Waals surface area (Å²) in [6.45, 7) is 4.36. The summed E-state index contributed by atoms with van der Waals surface area (Å²) in [5.74, 6) is -1.90. The first-order valence-corrected chi connectivity index (χ1v) is 20.3. The number of carbonyl (C=O) groups is 3. The summed E-state index contributed by atoms with van der Waals surface area (Å²) in [4.78, 5) is 36.7. The van der Waals surface area contributed by atoms with E-state index in [1.54, 1.807) is 21.1 Å². The normalized spacial score (nSPS) is 14.0. The number of hydrogen-bond acceptors (Lipinski definition) is 7. The number of aliphatic carboxylic acids is 1. The molecular formula is C46H73NO7. The minimum atomic E-state index is -1.14. The number of carboxylic acid groups (broad SMARTS) is 1. The molecule has 2 atom stereocenters. The third kappa shape index (κ3) is 34.0. The van der Waals surface area contributed by atoms with Gasteiger partial charge in [-0.3, -0.25) is 9.59 Å². The molecular weight excluding hydrogens is 679 g/mol. The van der Waals surface area contributed by atoms with Gasteiger partial charge in [-0.15, -0.1) is 0 Å². The van der Waals surface area contributed by atoms with E-state index in [1.165, 1.54) is 38.5 Å². The lowest BCUT2D eigenvalue weighted by Crippen LogP contribution is -2.55. The van der Waals surface area contributed by atoms with E-state index in [4.69, 9.17) is 14.2 Å². The van der Waals surface area contributed by atoms with Gasteiger partial charge in [0, 0.05) is 19.3 Å². The van der Waals surface area contributed by atoms with Crippen LogP contribution in [0, 0.1) is 0 Å². The van der Waals surface area contributed by atoms with Crippen molar-refractivity contribution in [1.82, 2.24) is 0 Å². The number of carboxylic acids is 1. The minimum absolute atomic E-state index is 0.00160. The van der Waals surface area contributed by atoms with Crippen molar-refractivity contribution in [3.05, 3.63) is 97.2 Å². The van der Waals surface area contributed by atoms with Gasteiger partial charge in [-0.1, -0.05) is 150 Å². The van der Waals surface area contributed by atoms with Crippen molar-refractivity contribution in [3.8, 4) is 0 Å². The fourth-order valence-corrected chi connectivity index (χ4v) is 5.21. The first-order chi connectivity index (χ1) is 26.1. The van der Waals surface area contributed by atoms with Crippen LogP contribution in [0.1, 0.15) is 123 Å². The molecule has 8 heteroatoms. The maximum absolute atomic E-state index is 12.7. The second kappa shape index (κ2) is 36.2. The van der Waals surface area contributed by atoms with Crippen LogP contribution in [0.4, 0.5) is 0 Å². The highest BCUT2D eigenvalue weighted by Gasteiger charge is 2.25. The topological polar surface area (TPSA) is 102 Å². The molecule has 0 radical (unpaired) electrons. The molecule has 0 bridgehead atoms. The number of unbranched alkanes of at least 4 members (excludes halogenated alkanes) is 9. The Morgan fingerprint density at radius 3 is 1.76 bits per heavy atom. The first kappa shape index (κ1) is 50.2. The van der Waals surface area contributed by atoms with Crippen LogP contribution in [-0.2, 0) is 28.6 Å². The summed E-state index contributed by atoms with van der Waals surface area (Å²) < 4.78 is 17.0. The Morgan fingerprint density at radius 1 is 0.593 bits per heavy atom. The van der Waals surface area contributed by atoms with Crippen molar-refractivity contribution in [3.63, 3.8) is 0 Å². The van der Waals surface area contributed by atoms with Gasteiger partial charge < -0.3 is 28.6 Å². The molecule has 0 aliphatic rings. The molecule has 0 aliphatic heterocycles. The van der Waals surface area contributed by atoms with Crippen LogP contribution in [0.25, 0.3) is 0 Å². The summed E-state index contributed by atoms with van der Waals surface area (Å²) in [5.41, 5.74) is 0. The van der Waals surface area contributed by atoms with Crippen molar-refractivity contribution < 1.29 is 38.2 Å². The number of ether oxygens (including phenoxy) is 3. The first-order valence-electron chi connectivity index (χ1n) is 20.3. The van der Waals surface area contributed by atoms with Crippen LogP contribution < -0.4 is 5.11 Å². The zero-order valence-corrected chi connectivity index (χ0v) is 34.3. The van der Waals surface area contributed by atoms with Crippen LogP contribution in [0.5, 0.6) is 0 Å². The Labute approximate surface area is 328 Å². The smallest absolute Gasteiger partial charge is 0.306 e. The van der Waals surface area contributed by atoms with Gasteiger partial charge in [0.15, 0.2) is 6.10 Å². The molecule has 0 aromatic carbocycles. The largest absolute Gasteiger partial charge is 0.544 e. The van der Waals surface area contributed by atoms with Crippen LogP contribution in [0.3, 0.4) is 0 Å². The molecule has 0 heterocycles. The predicted octanol–water partition coefficient (Wildman–Crippen LogP) is 9.40. The fraction of sp³-hybridized carbons (Fsp3) is 0.587. The number of carbonyl (C=O) groups excluding carboxylic acids is 3. The van der Waals surface area contributed by atoms with Crippen molar-refractivity contribution in [2.45, 2.75) is 135 Å². The molecule has 8 nitrogen and oxygen atoms in total.